The molecule has 0 spiro atoms. The van der Waals surface area contributed by atoms with Crippen molar-refractivity contribution in [2.24, 2.45) is 7.05 Å². The summed E-state index contributed by atoms with van der Waals surface area (Å²) >= 11 is 0. The average Bonchev–Trinajstić information content (AvgIpc) is 2.61. The van der Waals surface area contributed by atoms with Crippen LogP contribution in [0.2, 0.25) is 0 Å². The van der Waals surface area contributed by atoms with Crippen molar-refractivity contribution in [3.8, 4) is 5.75 Å². The first-order chi connectivity index (χ1) is 8.56. The summed E-state index contributed by atoms with van der Waals surface area (Å²) in [5, 5.41) is 4.14. The molecule has 18 heavy (non-hydrogen) atoms. The zero-order valence-corrected chi connectivity index (χ0v) is 9.86. The van der Waals surface area contributed by atoms with Gasteiger partial charge in [-0.25, -0.2) is 8.78 Å². The van der Waals surface area contributed by atoms with Crippen molar-refractivity contribution in [2.75, 3.05) is 12.3 Å². The molecule has 1 aromatic carbocycles. The Hall–Kier alpha value is -2.11. The third kappa shape index (κ3) is 2.77. The molecule has 2 aromatic rings. The van der Waals surface area contributed by atoms with E-state index in [1.807, 2.05) is 0 Å². The Bertz CT molecular complexity index is 535. The van der Waals surface area contributed by atoms with Crippen LogP contribution in [-0.4, -0.2) is 16.4 Å². The van der Waals surface area contributed by atoms with Crippen molar-refractivity contribution in [1.82, 2.24) is 9.78 Å². The van der Waals surface area contributed by atoms with E-state index in [4.69, 9.17) is 10.5 Å². The summed E-state index contributed by atoms with van der Waals surface area (Å²) in [5.41, 5.74) is 6.38. The molecule has 96 valence electrons. The van der Waals surface area contributed by atoms with E-state index in [2.05, 4.69) is 5.10 Å². The molecule has 0 radical (unpaired) electrons. The molecule has 4 nitrogen and oxygen atoms in total. The minimum atomic E-state index is -0.712. The summed E-state index contributed by atoms with van der Waals surface area (Å²) in [4.78, 5) is 0. The van der Waals surface area contributed by atoms with Gasteiger partial charge < -0.3 is 10.5 Å². The SMILES string of the molecule is Cn1nc(CCOc2ccc(F)cc2F)cc1N. The van der Waals surface area contributed by atoms with Crippen LogP contribution < -0.4 is 10.5 Å². The van der Waals surface area contributed by atoms with Crippen molar-refractivity contribution in [2.45, 2.75) is 6.42 Å². The molecule has 0 saturated carbocycles. The Labute approximate surface area is 103 Å². The first kappa shape index (κ1) is 12.3. The second-order valence-electron chi connectivity index (χ2n) is 3.86. The predicted molar refractivity (Wildman–Crippen MR) is 63.2 cm³/mol. The van der Waals surface area contributed by atoms with E-state index in [-0.39, 0.29) is 12.4 Å². The lowest BCUT2D eigenvalue weighted by atomic mass is 10.3. The largest absolute Gasteiger partial charge is 0.490 e. The van der Waals surface area contributed by atoms with E-state index < -0.39 is 11.6 Å². The number of rotatable bonds is 4. The second kappa shape index (κ2) is 5.03. The number of ether oxygens (including phenoxy) is 1. The quantitative estimate of drug-likeness (QED) is 0.905. The molecule has 0 fully saturated rings. The minimum Gasteiger partial charge on any atom is -0.490 e. The summed E-state index contributed by atoms with van der Waals surface area (Å²) in [6.07, 6.45) is 0.502. The molecule has 1 heterocycles. The summed E-state index contributed by atoms with van der Waals surface area (Å²) in [7, 11) is 1.74. The Kier molecular flexibility index (Phi) is 3.45. The van der Waals surface area contributed by atoms with E-state index in [1.165, 1.54) is 6.07 Å². The fraction of sp³-hybridized carbons (Fsp3) is 0.250. The zero-order chi connectivity index (χ0) is 13.1. The fourth-order valence-electron chi connectivity index (χ4n) is 1.52. The molecular weight excluding hydrogens is 240 g/mol. The van der Waals surface area contributed by atoms with Crippen LogP contribution in [0.3, 0.4) is 0 Å². The molecule has 0 atom stereocenters. The summed E-state index contributed by atoms with van der Waals surface area (Å²) in [6.45, 7) is 0.249. The van der Waals surface area contributed by atoms with Crippen LogP contribution in [0, 0.1) is 11.6 Å². The van der Waals surface area contributed by atoms with Gasteiger partial charge in [0.1, 0.15) is 11.6 Å². The Balaban J connectivity index is 1.92. The number of hydrogen-bond acceptors (Lipinski definition) is 3. The van der Waals surface area contributed by atoms with E-state index in [1.54, 1.807) is 17.8 Å². The molecule has 2 N–H and O–H groups in total. The van der Waals surface area contributed by atoms with Crippen molar-refractivity contribution in [1.29, 1.82) is 0 Å². The van der Waals surface area contributed by atoms with Gasteiger partial charge in [-0.3, -0.25) is 4.68 Å². The molecule has 0 saturated heterocycles. The van der Waals surface area contributed by atoms with Gasteiger partial charge in [-0.2, -0.15) is 5.10 Å². The van der Waals surface area contributed by atoms with E-state index in [0.717, 1.165) is 17.8 Å². The van der Waals surface area contributed by atoms with Gasteiger partial charge in [-0.05, 0) is 12.1 Å². The van der Waals surface area contributed by atoms with Gasteiger partial charge in [0.2, 0.25) is 0 Å². The first-order valence-electron chi connectivity index (χ1n) is 5.42. The van der Waals surface area contributed by atoms with Crippen LogP contribution in [0.5, 0.6) is 5.75 Å². The highest BCUT2D eigenvalue weighted by Crippen LogP contribution is 2.17. The van der Waals surface area contributed by atoms with Gasteiger partial charge in [0, 0.05) is 25.6 Å². The van der Waals surface area contributed by atoms with Crippen LogP contribution in [-0.2, 0) is 13.5 Å². The van der Waals surface area contributed by atoms with Crippen molar-refractivity contribution >= 4 is 5.82 Å². The molecule has 0 bridgehead atoms. The van der Waals surface area contributed by atoms with Crippen LogP contribution in [0.15, 0.2) is 24.3 Å². The highest BCUT2D eigenvalue weighted by Gasteiger charge is 2.06. The van der Waals surface area contributed by atoms with Crippen LogP contribution in [0.1, 0.15) is 5.69 Å². The maximum atomic E-state index is 13.2. The Morgan fingerprint density at radius 3 is 2.72 bits per heavy atom. The smallest absolute Gasteiger partial charge is 0.167 e. The highest BCUT2D eigenvalue weighted by atomic mass is 19.1. The summed E-state index contributed by atoms with van der Waals surface area (Å²) < 4.78 is 32.7. The van der Waals surface area contributed by atoms with Crippen molar-refractivity contribution in [3.05, 3.63) is 41.6 Å². The number of aryl methyl sites for hydroxylation is 1. The number of aromatic nitrogens is 2. The molecule has 0 unspecified atom stereocenters. The number of halogens is 2. The van der Waals surface area contributed by atoms with E-state index in [9.17, 15) is 8.78 Å². The molecular formula is C12H13F2N3O. The normalized spacial score (nSPS) is 10.6. The maximum Gasteiger partial charge on any atom is 0.167 e. The van der Waals surface area contributed by atoms with E-state index in [0.29, 0.717) is 12.2 Å². The lowest BCUT2D eigenvalue weighted by molar-refractivity contribution is 0.302. The third-order valence-electron chi connectivity index (χ3n) is 2.48. The number of anilines is 1. The van der Waals surface area contributed by atoms with Gasteiger partial charge in [0.15, 0.2) is 11.6 Å². The van der Waals surface area contributed by atoms with Gasteiger partial charge in [0.05, 0.1) is 12.3 Å². The number of nitrogens with zero attached hydrogens (tertiary/aromatic N) is 2. The topological polar surface area (TPSA) is 53.1 Å². The van der Waals surface area contributed by atoms with Gasteiger partial charge in [-0.1, -0.05) is 0 Å². The predicted octanol–water partition coefficient (Wildman–Crippen LogP) is 1.90. The number of nitrogen functional groups attached to an aromatic ring is 1. The second-order valence-corrected chi connectivity index (χ2v) is 3.86. The first-order valence-corrected chi connectivity index (χ1v) is 5.42. The Morgan fingerprint density at radius 2 is 2.11 bits per heavy atom. The minimum absolute atomic E-state index is 0.0281. The number of nitrogens with two attached hydrogens (primary N) is 1. The standard InChI is InChI=1S/C12H13F2N3O/c1-17-12(15)7-9(16-17)4-5-18-11-3-2-8(13)6-10(11)14/h2-3,6-7H,4-5,15H2,1H3. The molecule has 1 aromatic heterocycles. The monoisotopic (exact) mass is 253 g/mol. The summed E-state index contributed by atoms with van der Waals surface area (Å²) in [6, 6.07) is 4.92. The van der Waals surface area contributed by atoms with Gasteiger partial charge >= 0.3 is 0 Å². The highest BCUT2D eigenvalue weighted by molar-refractivity contribution is 5.30. The fourth-order valence-corrected chi connectivity index (χ4v) is 1.52. The Morgan fingerprint density at radius 1 is 1.33 bits per heavy atom. The lowest BCUT2D eigenvalue weighted by Crippen LogP contribution is -2.04. The van der Waals surface area contributed by atoms with Crippen molar-refractivity contribution < 1.29 is 13.5 Å². The summed E-state index contributed by atoms with van der Waals surface area (Å²) in [5.74, 6) is -0.758. The van der Waals surface area contributed by atoms with Gasteiger partial charge in [-0.15, -0.1) is 0 Å². The zero-order valence-electron chi connectivity index (χ0n) is 9.86. The van der Waals surface area contributed by atoms with Crippen LogP contribution in [0.4, 0.5) is 14.6 Å². The number of benzene rings is 1. The van der Waals surface area contributed by atoms with Crippen LogP contribution in [0.25, 0.3) is 0 Å². The maximum absolute atomic E-state index is 13.2. The average molecular weight is 253 g/mol. The molecule has 0 aliphatic rings. The molecule has 6 heteroatoms. The molecule has 0 aliphatic heterocycles. The van der Waals surface area contributed by atoms with Crippen molar-refractivity contribution in [3.63, 3.8) is 0 Å². The molecule has 0 amide bonds. The number of hydrogen-bond donors (Lipinski definition) is 1. The van der Waals surface area contributed by atoms with Crippen LogP contribution >= 0.6 is 0 Å². The molecule has 0 aliphatic carbocycles. The van der Waals surface area contributed by atoms with Gasteiger partial charge in [0.25, 0.3) is 0 Å². The third-order valence-corrected chi connectivity index (χ3v) is 2.48. The van der Waals surface area contributed by atoms with E-state index >= 15 is 0 Å². The molecule has 2 rings (SSSR count). The lowest BCUT2D eigenvalue weighted by Gasteiger charge is -2.05.